The van der Waals surface area contributed by atoms with Crippen LogP contribution < -0.4 is 4.90 Å². The molecule has 18 heavy (non-hydrogen) atoms. The molecule has 1 aromatic heterocycles. The van der Waals surface area contributed by atoms with Crippen LogP contribution in [-0.4, -0.2) is 41.2 Å². The zero-order valence-electron chi connectivity index (χ0n) is 8.59. The maximum Gasteiger partial charge on any atom is 0.445 e. The standard InChI is InChI=1S/C7H7F6N3OS/c8-6(9,10)3-16(1-2-17)5-15-14-4(18-5)7(11,12)13/h17H,1-3H2. The van der Waals surface area contributed by atoms with E-state index in [1.807, 2.05) is 0 Å². The van der Waals surface area contributed by atoms with Crippen molar-refractivity contribution in [3.63, 3.8) is 0 Å². The molecule has 0 saturated heterocycles. The number of aliphatic hydroxyl groups is 1. The molecule has 0 aliphatic rings. The third-order valence-electron chi connectivity index (χ3n) is 1.67. The summed E-state index contributed by atoms with van der Waals surface area (Å²) in [7, 11) is 0. The maximum absolute atomic E-state index is 12.2. The lowest BCUT2D eigenvalue weighted by Gasteiger charge is -2.21. The van der Waals surface area contributed by atoms with Crippen molar-refractivity contribution in [1.29, 1.82) is 0 Å². The molecule has 0 saturated carbocycles. The number of anilines is 1. The second-order valence-corrected chi connectivity index (χ2v) is 4.10. The minimum absolute atomic E-state index is 0.00384. The van der Waals surface area contributed by atoms with E-state index in [-0.39, 0.29) is 11.3 Å². The van der Waals surface area contributed by atoms with Gasteiger partial charge in [-0.1, -0.05) is 11.3 Å². The molecular formula is C7H7F6N3OS. The largest absolute Gasteiger partial charge is 0.445 e. The number of alkyl halides is 6. The van der Waals surface area contributed by atoms with Gasteiger partial charge in [-0.25, -0.2) is 0 Å². The molecule has 0 radical (unpaired) electrons. The molecule has 104 valence electrons. The van der Waals surface area contributed by atoms with Crippen molar-refractivity contribution in [2.45, 2.75) is 12.4 Å². The van der Waals surface area contributed by atoms with Crippen molar-refractivity contribution < 1.29 is 31.4 Å². The van der Waals surface area contributed by atoms with Gasteiger partial charge in [-0.15, -0.1) is 10.2 Å². The van der Waals surface area contributed by atoms with Crippen molar-refractivity contribution in [2.75, 3.05) is 24.6 Å². The Labute approximate surface area is 101 Å². The Morgan fingerprint density at radius 2 is 1.72 bits per heavy atom. The van der Waals surface area contributed by atoms with Gasteiger partial charge in [0.1, 0.15) is 6.54 Å². The fraction of sp³-hybridized carbons (Fsp3) is 0.714. The quantitative estimate of drug-likeness (QED) is 0.862. The first-order valence-corrected chi connectivity index (χ1v) is 5.28. The molecule has 1 heterocycles. The van der Waals surface area contributed by atoms with Crippen molar-refractivity contribution in [1.82, 2.24) is 10.2 Å². The van der Waals surface area contributed by atoms with E-state index in [1.54, 1.807) is 0 Å². The lowest BCUT2D eigenvalue weighted by molar-refractivity contribution is -0.138. The number of hydrogen-bond donors (Lipinski definition) is 1. The Balaban J connectivity index is 2.89. The van der Waals surface area contributed by atoms with E-state index in [2.05, 4.69) is 10.2 Å². The molecule has 1 rings (SSSR count). The average Bonchev–Trinajstić information content (AvgIpc) is 2.62. The molecule has 1 aromatic rings. The molecule has 1 N–H and O–H groups in total. The number of aromatic nitrogens is 2. The molecule has 0 aliphatic heterocycles. The zero-order valence-corrected chi connectivity index (χ0v) is 9.40. The van der Waals surface area contributed by atoms with E-state index in [0.29, 0.717) is 4.90 Å². The number of nitrogens with zero attached hydrogens (tertiary/aromatic N) is 3. The van der Waals surface area contributed by atoms with E-state index in [1.165, 1.54) is 0 Å². The van der Waals surface area contributed by atoms with Crippen LogP contribution in [0.1, 0.15) is 5.01 Å². The minimum atomic E-state index is -4.75. The van der Waals surface area contributed by atoms with Crippen molar-refractivity contribution in [2.24, 2.45) is 0 Å². The fourth-order valence-corrected chi connectivity index (χ4v) is 1.77. The van der Waals surface area contributed by atoms with Gasteiger partial charge >= 0.3 is 12.4 Å². The van der Waals surface area contributed by atoms with Crippen LogP contribution in [0, 0.1) is 0 Å². The van der Waals surface area contributed by atoms with Gasteiger partial charge in [0, 0.05) is 6.54 Å². The summed E-state index contributed by atoms with van der Waals surface area (Å²) in [6.45, 7) is -2.62. The molecule has 4 nitrogen and oxygen atoms in total. The number of halogens is 6. The van der Waals surface area contributed by atoms with E-state index < -0.39 is 42.2 Å². The van der Waals surface area contributed by atoms with E-state index in [9.17, 15) is 26.3 Å². The van der Waals surface area contributed by atoms with E-state index in [0.717, 1.165) is 0 Å². The van der Waals surface area contributed by atoms with Crippen LogP contribution in [0.25, 0.3) is 0 Å². The Bertz CT molecular complexity index is 389. The van der Waals surface area contributed by atoms with Crippen LogP contribution in [0.15, 0.2) is 0 Å². The van der Waals surface area contributed by atoms with Gasteiger partial charge in [0.2, 0.25) is 10.1 Å². The SMILES string of the molecule is OCCN(CC(F)(F)F)c1nnc(C(F)(F)F)s1. The average molecular weight is 295 g/mol. The predicted molar refractivity (Wildman–Crippen MR) is 50.3 cm³/mol. The summed E-state index contributed by atoms with van der Waals surface area (Å²) in [5.74, 6) is 0. The van der Waals surface area contributed by atoms with Gasteiger partial charge in [-0.05, 0) is 0 Å². The lowest BCUT2D eigenvalue weighted by atomic mass is 10.5. The van der Waals surface area contributed by atoms with Gasteiger partial charge in [-0.3, -0.25) is 0 Å². The Morgan fingerprint density at radius 3 is 2.11 bits per heavy atom. The van der Waals surface area contributed by atoms with Gasteiger partial charge < -0.3 is 10.0 Å². The minimum Gasteiger partial charge on any atom is -0.395 e. The van der Waals surface area contributed by atoms with Crippen LogP contribution in [0.5, 0.6) is 0 Å². The third-order valence-corrected chi connectivity index (χ3v) is 2.70. The van der Waals surface area contributed by atoms with Gasteiger partial charge in [0.05, 0.1) is 6.61 Å². The second-order valence-electron chi connectivity index (χ2n) is 3.15. The normalized spacial score (nSPS) is 12.8. The first-order chi connectivity index (χ1) is 8.13. The molecule has 0 unspecified atom stereocenters. The highest BCUT2D eigenvalue weighted by molar-refractivity contribution is 7.15. The Hall–Kier alpha value is -1.10. The molecule has 0 fully saturated rings. The van der Waals surface area contributed by atoms with Gasteiger partial charge in [0.25, 0.3) is 0 Å². The number of aliphatic hydroxyl groups excluding tert-OH is 1. The highest BCUT2D eigenvalue weighted by atomic mass is 32.1. The second kappa shape index (κ2) is 5.26. The summed E-state index contributed by atoms with van der Waals surface area (Å²) in [4.78, 5) is 0.493. The number of rotatable bonds is 4. The molecule has 11 heteroatoms. The van der Waals surface area contributed by atoms with Crippen molar-refractivity contribution in [3.8, 4) is 0 Å². The summed E-state index contributed by atoms with van der Waals surface area (Å²) in [5, 5.41) is 12.5. The van der Waals surface area contributed by atoms with Crippen LogP contribution in [-0.2, 0) is 6.18 Å². The van der Waals surface area contributed by atoms with Crippen molar-refractivity contribution >= 4 is 16.5 Å². The third kappa shape index (κ3) is 4.29. The molecule has 0 amide bonds. The highest BCUT2D eigenvalue weighted by Gasteiger charge is 2.37. The molecule has 0 bridgehead atoms. The van der Waals surface area contributed by atoms with Crippen LogP contribution >= 0.6 is 11.3 Å². The zero-order chi connectivity index (χ0) is 14.0. The first-order valence-electron chi connectivity index (χ1n) is 4.47. The van der Waals surface area contributed by atoms with Crippen molar-refractivity contribution in [3.05, 3.63) is 5.01 Å². The van der Waals surface area contributed by atoms with Gasteiger partial charge in [0.15, 0.2) is 0 Å². The fourth-order valence-electron chi connectivity index (χ4n) is 1.04. The summed E-state index contributed by atoms with van der Waals surface area (Å²) in [6.07, 6.45) is -9.36. The van der Waals surface area contributed by atoms with Gasteiger partial charge in [-0.2, -0.15) is 26.3 Å². The maximum atomic E-state index is 12.2. The Morgan fingerprint density at radius 1 is 1.11 bits per heavy atom. The predicted octanol–water partition coefficient (Wildman–Crippen LogP) is 1.92. The molecular weight excluding hydrogens is 288 g/mol. The van der Waals surface area contributed by atoms with E-state index >= 15 is 0 Å². The van der Waals surface area contributed by atoms with Crippen LogP contribution in [0.2, 0.25) is 0 Å². The summed E-state index contributed by atoms with van der Waals surface area (Å²) in [6, 6.07) is 0. The van der Waals surface area contributed by atoms with Crippen LogP contribution in [0.3, 0.4) is 0 Å². The number of hydrogen-bond acceptors (Lipinski definition) is 5. The monoisotopic (exact) mass is 295 g/mol. The summed E-state index contributed by atoms with van der Waals surface area (Å²) >= 11 is -0.00384. The molecule has 0 aromatic carbocycles. The first kappa shape index (κ1) is 15.0. The topological polar surface area (TPSA) is 49.2 Å². The molecule has 0 spiro atoms. The lowest BCUT2D eigenvalue weighted by Crippen LogP contribution is -2.36. The molecule has 0 aliphatic carbocycles. The molecule has 0 atom stereocenters. The summed E-state index contributed by atoms with van der Waals surface area (Å²) in [5.41, 5.74) is 0. The van der Waals surface area contributed by atoms with Crippen LogP contribution in [0.4, 0.5) is 31.5 Å². The smallest absolute Gasteiger partial charge is 0.395 e. The van der Waals surface area contributed by atoms with E-state index in [4.69, 9.17) is 5.11 Å². The summed E-state index contributed by atoms with van der Waals surface area (Å²) < 4.78 is 73.1. The Kier molecular flexibility index (Phi) is 4.37. The highest BCUT2D eigenvalue weighted by Crippen LogP contribution is 2.34.